The van der Waals surface area contributed by atoms with Gasteiger partial charge in [-0.15, -0.1) is 0 Å². The van der Waals surface area contributed by atoms with Crippen LogP contribution >= 0.6 is 23.2 Å². The predicted molar refractivity (Wildman–Crippen MR) is 82.9 cm³/mol. The van der Waals surface area contributed by atoms with Crippen LogP contribution < -0.4 is 10.2 Å². The van der Waals surface area contributed by atoms with E-state index in [2.05, 4.69) is 5.32 Å². The minimum atomic E-state index is -0.577. The standard InChI is InChI=1S/C15H12Cl2N2O3/c16-11-4-3-9(6-12(11)17)19-14(20)7-13(15(19)21)18-8-10-2-1-5-22-10/h1-6,13,18H,7-8H2/t13-/m0/s1. The highest BCUT2D eigenvalue weighted by molar-refractivity contribution is 6.42. The Morgan fingerprint density at radius 3 is 2.73 bits per heavy atom. The summed E-state index contributed by atoms with van der Waals surface area (Å²) in [7, 11) is 0. The van der Waals surface area contributed by atoms with Gasteiger partial charge in [-0.2, -0.15) is 0 Å². The second kappa shape index (κ2) is 6.12. The molecule has 2 amide bonds. The van der Waals surface area contributed by atoms with Gasteiger partial charge in [-0.3, -0.25) is 14.9 Å². The summed E-state index contributed by atoms with van der Waals surface area (Å²) in [5.74, 6) is 0.114. The molecule has 2 aromatic rings. The molecule has 0 aliphatic carbocycles. The first-order valence-corrected chi connectivity index (χ1v) is 7.39. The smallest absolute Gasteiger partial charge is 0.251 e. The van der Waals surface area contributed by atoms with Gasteiger partial charge in [0.2, 0.25) is 5.91 Å². The number of nitrogens with one attached hydrogen (secondary N) is 1. The molecule has 1 atom stereocenters. The van der Waals surface area contributed by atoms with Crippen LogP contribution in [0, 0.1) is 0 Å². The molecule has 1 aliphatic rings. The molecule has 0 unspecified atom stereocenters. The lowest BCUT2D eigenvalue weighted by Crippen LogP contribution is -2.38. The molecule has 1 fully saturated rings. The first-order chi connectivity index (χ1) is 10.6. The number of carbonyl (C=O) groups excluding carboxylic acids is 2. The number of benzene rings is 1. The van der Waals surface area contributed by atoms with Crippen molar-refractivity contribution in [1.29, 1.82) is 0 Å². The molecule has 114 valence electrons. The van der Waals surface area contributed by atoms with Crippen LogP contribution in [-0.2, 0) is 16.1 Å². The Kier molecular flexibility index (Phi) is 4.20. The maximum absolute atomic E-state index is 12.4. The number of furan rings is 1. The third kappa shape index (κ3) is 2.88. The maximum atomic E-state index is 12.4. The van der Waals surface area contributed by atoms with Crippen LogP contribution in [-0.4, -0.2) is 17.9 Å². The normalized spacial score (nSPS) is 18.3. The fourth-order valence-corrected chi connectivity index (χ4v) is 2.62. The van der Waals surface area contributed by atoms with Gasteiger partial charge in [0.15, 0.2) is 0 Å². The number of hydrogen-bond acceptors (Lipinski definition) is 4. The molecular weight excluding hydrogens is 327 g/mol. The second-order valence-electron chi connectivity index (χ2n) is 4.88. The van der Waals surface area contributed by atoms with Crippen LogP contribution in [0.2, 0.25) is 10.0 Å². The summed E-state index contributed by atoms with van der Waals surface area (Å²) in [6.45, 7) is 0.381. The lowest BCUT2D eigenvalue weighted by Gasteiger charge is -2.16. The molecule has 0 saturated carbocycles. The van der Waals surface area contributed by atoms with Crippen molar-refractivity contribution in [3.63, 3.8) is 0 Å². The summed E-state index contributed by atoms with van der Waals surface area (Å²) in [4.78, 5) is 25.7. The fourth-order valence-electron chi connectivity index (χ4n) is 2.32. The lowest BCUT2D eigenvalue weighted by molar-refractivity contribution is -0.121. The quantitative estimate of drug-likeness (QED) is 0.870. The van der Waals surface area contributed by atoms with Gasteiger partial charge in [0.05, 0.1) is 41.0 Å². The summed E-state index contributed by atoms with van der Waals surface area (Å²) in [6, 6.07) is 7.65. The van der Waals surface area contributed by atoms with E-state index in [4.69, 9.17) is 27.6 Å². The monoisotopic (exact) mass is 338 g/mol. The maximum Gasteiger partial charge on any atom is 0.251 e. The second-order valence-corrected chi connectivity index (χ2v) is 5.70. The van der Waals surface area contributed by atoms with Gasteiger partial charge in [0, 0.05) is 0 Å². The average molecular weight is 339 g/mol. The molecule has 1 N–H and O–H groups in total. The first kappa shape index (κ1) is 15.1. The average Bonchev–Trinajstić information content (AvgIpc) is 3.09. The molecule has 2 heterocycles. The minimum absolute atomic E-state index is 0.0970. The number of halogens is 2. The molecular formula is C15H12Cl2N2O3. The van der Waals surface area contributed by atoms with E-state index in [1.165, 1.54) is 6.07 Å². The predicted octanol–water partition coefficient (Wildman–Crippen LogP) is 3.01. The van der Waals surface area contributed by atoms with Crippen LogP contribution in [0.1, 0.15) is 12.2 Å². The van der Waals surface area contributed by atoms with Crippen LogP contribution in [0.15, 0.2) is 41.0 Å². The SMILES string of the molecule is O=C1C[C@H](NCc2ccco2)C(=O)N1c1ccc(Cl)c(Cl)c1. The van der Waals surface area contributed by atoms with E-state index >= 15 is 0 Å². The largest absolute Gasteiger partial charge is 0.468 e. The van der Waals surface area contributed by atoms with Crippen LogP contribution in [0.3, 0.4) is 0 Å². The van der Waals surface area contributed by atoms with Gasteiger partial charge in [0.25, 0.3) is 5.91 Å². The van der Waals surface area contributed by atoms with E-state index in [0.29, 0.717) is 28.0 Å². The van der Waals surface area contributed by atoms with Crippen molar-refractivity contribution in [3.8, 4) is 0 Å². The molecule has 1 aromatic heterocycles. The Hall–Kier alpha value is -1.82. The number of rotatable bonds is 4. The van der Waals surface area contributed by atoms with Crippen LogP contribution in [0.4, 0.5) is 5.69 Å². The number of hydrogen-bond donors (Lipinski definition) is 1. The highest BCUT2D eigenvalue weighted by atomic mass is 35.5. The van der Waals surface area contributed by atoms with Crippen molar-refractivity contribution in [2.24, 2.45) is 0 Å². The van der Waals surface area contributed by atoms with E-state index < -0.39 is 6.04 Å². The molecule has 22 heavy (non-hydrogen) atoms. The summed E-state index contributed by atoms with van der Waals surface area (Å²) < 4.78 is 5.19. The summed E-state index contributed by atoms with van der Waals surface area (Å²) >= 11 is 11.8. The minimum Gasteiger partial charge on any atom is -0.468 e. The zero-order valence-corrected chi connectivity index (χ0v) is 12.9. The Bertz CT molecular complexity index is 716. The zero-order chi connectivity index (χ0) is 15.7. The Morgan fingerprint density at radius 1 is 1.23 bits per heavy atom. The topological polar surface area (TPSA) is 62.6 Å². The summed E-state index contributed by atoms with van der Waals surface area (Å²) in [6.07, 6.45) is 1.65. The van der Waals surface area contributed by atoms with E-state index in [0.717, 1.165) is 4.90 Å². The number of nitrogens with zero attached hydrogens (tertiary/aromatic N) is 1. The van der Waals surface area contributed by atoms with Gasteiger partial charge in [-0.1, -0.05) is 23.2 Å². The van der Waals surface area contributed by atoms with Crippen LogP contribution in [0.25, 0.3) is 0 Å². The number of anilines is 1. The highest BCUT2D eigenvalue weighted by Gasteiger charge is 2.39. The van der Waals surface area contributed by atoms with E-state index in [-0.39, 0.29) is 18.2 Å². The Balaban J connectivity index is 1.74. The molecule has 1 aliphatic heterocycles. The fraction of sp³-hybridized carbons (Fsp3) is 0.200. The number of carbonyl (C=O) groups is 2. The lowest BCUT2D eigenvalue weighted by atomic mass is 10.2. The number of imide groups is 1. The molecule has 0 bridgehead atoms. The highest BCUT2D eigenvalue weighted by Crippen LogP contribution is 2.30. The van der Waals surface area contributed by atoms with Crippen LogP contribution in [0.5, 0.6) is 0 Å². The van der Waals surface area contributed by atoms with E-state index in [1.807, 2.05) is 0 Å². The van der Waals surface area contributed by atoms with Gasteiger partial charge in [-0.05, 0) is 30.3 Å². The van der Waals surface area contributed by atoms with Crippen molar-refractivity contribution >= 4 is 40.7 Å². The van der Waals surface area contributed by atoms with Gasteiger partial charge < -0.3 is 4.42 Å². The summed E-state index contributed by atoms with van der Waals surface area (Å²) in [5.41, 5.74) is 0.423. The molecule has 0 radical (unpaired) electrons. The third-order valence-electron chi connectivity index (χ3n) is 3.41. The van der Waals surface area contributed by atoms with E-state index in [9.17, 15) is 9.59 Å². The third-order valence-corrected chi connectivity index (χ3v) is 4.15. The molecule has 5 nitrogen and oxygen atoms in total. The first-order valence-electron chi connectivity index (χ1n) is 6.64. The number of amides is 2. The van der Waals surface area contributed by atoms with Crippen molar-refractivity contribution in [2.75, 3.05) is 4.90 Å². The zero-order valence-electron chi connectivity index (χ0n) is 11.4. The van der Waals surface area contributed by atoms with Gasteiger partial charge in [-0.25, -0.2) is 4.90 Å². The molecule has 7 heteroatoms. The van der Waals surface area contributed by atoms with Crippen molar-refractivity contribution in [2.45, 2.75) is 19.0 Å². The molecule has 1 aromatic carbocycles. The van der Waals surface area contributed by atoms with E-state index in [1.54, 1.807) is 30.5 Å². The van der Waals surface area contributed by atoms with Gasteiger partial charge in [0.1, 0.15) is 5.76 Å². The van der Waals surface area contributed by atoms with Gasteiger partial charge >= 0.3 is 0 Å². The van der Waals surface area contributed by atoms with Crippen molar-refractivity contribution in [3.05, 3.63) is 52.4 Å². The Labute approximate surface area is 136 Å². The Morgan fingerprint density at radius 2 is 2.05 bits per heavy atom. The molecule has 1 saturated heterocycles. The molecule has 3 rings (SSSR count). The van der Waals surface area contributed by atoms with Crippen molar-refractivity contribution in [1.82, 2.24) is 5.32 Å². The summed E-state index contributed by atoms with van der Waals surface area (Å²) in [5, 5.41) is 3.70. The molecule has 0 spiro atoms. The van der Waals surface area contributed by atoms with Crippen molar-refractivity contribution < 1.29 is 14.0 Å².